The highest BCUT2D eigenvalue weighted by Crippen LogP contribution is 2.39. The molecule has 1 amide bonds. The fourth-order valence-corrected chi connectivity index (χ4v) is 6.81. The summed E-state index contributed by atoms with van der Waals surface area (Å²) in [6.45, 7) is 5.80. The van der Waals surface area contributed by atoms with Crippen LogP contribution >= 0.6 is 11.8 Å². The number of carbonyl (C=O) groups excluding carboxylic acids is 1. The van der Waals surface area contributed by atoms with Crippen molar-refractivity contribution in [3.05, 3.63) is 35.6 Å². The number of halogens is 1. The number of fused-ring (bicyclic) bond motifs is 1. The predicted molar refractivity (Wildman–Crippen MR) is 97.7 cm³/mol. The van der Waals surface area contributed by atoms with E-state index in [1.165, 1.54) is 23.9 Å². The van der Waals surface area contributed by atoms with Crippen molar-refractivity contribution in [1.82, 2.24) is 4.90 Å². The number of amides is 1. The van der Waals surface area contributed by atoms with E-state index in [9.17, 15) is 17.6 Å². The fraction of sp³-hybridized carbons (Fsp3) is 0.529. The van der Waals surface area contributed by atoms with Gasteiger partial charge in [0.15, 0.2) is 15.0 Å². The van der Waals surface area contributed by atoms with Crippen molar-refractivity contribution in [2.45, 2.75) is 38.6 Å². The molecule has 25 heavy (non-hydrogen) atoms. The molecule has 2 atom stereocenters. The van der Waals surface area contributed by atoms with E-state index in [-0.39, 0.29) is 34.5 Å². The molecule has 0 unspecified atom stereocenters. The average molecular weight is 384 g/mol. The van der Waals surface area contributed by atoms with Gasteiger partial charge in [-0.3, -0.25) is 4.79 Å². The van der Waals surface area contributed by atoms with E-state index in [1.54, 1.807) is 32.9 Å². The predicted octanol–water partition coefficient (Wildman–Crippen LogP) is 2.47. The maximum absolute atomic E-state index is 13.1. The monoisotopic (exact) mass is 384 g/mol. The SMILES string of the molecule is CC(C)(C)C(=O)N=C1S[C@@H]2CS(=O)(=O)C[C@H]2N1Cc1ccc(F)cc1. The van der Waals surface area contributed by atoms with Crippen LogP contribution in [0.5, 0.6) is 0 Å². The van der Waals surface area contributed by atoms with Crippen LogP contribution in [0.25, 0.3) is 0 Å². The van der Waals surface area contributed by atoms with Crippen LogP contribution in [0.4, 0.5) is 4.39 Å². The van der Waals surface area contributed by atoms with Crippen LogP contribution in [-0.2, 0) is 21.2 Å². The van der Waals surface area contributed by atoms with Crippen molar-refractivity contribution in [3.8, 4) is 0 Å². The molecule has 2 aliphatic rings. The van der Waals surface area contributed by atoms with Crippen LogP contribution in [-0.4, -0.2) is 47.2 Å². The van der Waals surface area contributed by atoms with Crippen LogP contribution in [0, 0.1) is 11.2 Å². The van der Waals surface area contributed by atoms with Gasteiger partial charge in [0.25, 0.3) is 5.91 Å². The maximum atomic E-state index is 13.1. The van der Waals surface area contributed by atoms with Gasteiger partial charge < -0.3 is 4.90 Å². The highest BCUT2D eigenvalue weighted by Gasteiger charge is 2.48. The lowest BCUT2D eigenvalue weighted by atomic mass is 9.96. The summed E-state index contributed by atoms with van der Waals surface area (Å²) in [4.78, 5) is 18.5. The number of hydrogen-bond acceptors (Lipinski definition) is 4. The van der Waals surface area contributed by atoms with Crippen molar-refractivity contribution < 1.29 is 17.6 Å². The van der Waals surface area contributed by atoms with Crippen LogP contribution in [0.15, 0.2) is 29.3 Å². The third-order valence-corrected chi connectivity index (χ3v) is 7.53. The van der Waals surface area contributed by atoms with Gasteiger partial charge in [0.05, 0.1) is 17.5 Å². The smallest absolute Gasteiger partial charge is 0.253 e. The molecule has 0 radical (unpaired) electrons. The molecular weight excluding hydrogens is 363 g/mol. The molecule has 5 nitrogen and oxygen atoms in total. The quantitative estimate of drug-likeness (QED) is 0.784. The van der Waals surface area contributed by atoms with Crippen LogP contribution in [0.3, 0.4) is 0 Å². The van der Waals surface area contributed by atoms with Gasteiger partial charge in [-0.05, 0) is 17.7 Å². The fourth-order valence-electron chi connectivity index (χ4n) is 2.86. The highest BCUT2D eigenvalue weighted by molar-refractivity contribution is 8.15. The summed E-state index contributed by atoms with van der Waals surface area (Å²) >= 11 is 1.36. The number of nitrogens with zero attached hydrogens (tertiary/aromatic N) is 2. The molecule has 2 fully saturated rings. The van der Waals surface area contributed by atoms with E-state index in [1.807, 2.05) is 4.90 Å². The number of thioether (sulfide) groups is 1. The molecule has 0 saturated carbocycles. The van der Waals surface area contributed by atoms with Crippen molar-refractivity contribution >= 4 is 32.7 Å². The number of aliphatic imine (C=N–C) groups is 1. The topological polar surface area (TPSA) is 66.8 Å². The second-order valence-electron chi connectivity index (χ2n) is 7.50. The Kier molecular flexibility index (Phi) is 4.70. The minimum absolute atomic E-state index is 0.0641. The maximum Gasteiger partial charge on any atom is 0.253 e. The first-order valence-corrected chi connectivity index (χ1v) is 10.8. The lowest BCUT2D eigenvalue weighted by Gasteiger charge is -2.25. The summed E-state index contributed by atoms with van der Waals surface area (Å²) in [5, 5.41) is 0.450. The second-order valence-corrected chi connectivity index (χ2v) is 10.9. The molecule has 1 aromatic rings. The largest absolute Gasteiger partial charge is 0.342 e. The summed E-state index contributed by atoms with van der Waals surface area (Å²) in [6.07, 6.45) is 0. The standard InChI is InChI=1S/C17H21FN2O3S2/c1-17(2,3)15(21)19-16-20(8-11-4-6-12(18)7-5-11)13-9-25(22,23)10-14(13)24-16/h4-7,13-14H,8-10H2,1-3H3/t13-,14-/m1/s1. The third kappa shape index (κ3) is 4.06. The summed E-state index contributed by atoms with van der Waals surface area (Å²) in [5.74, 6) is -0.390. The molecule has 0 aromatic heterocycles. The lowest BCUT2D eigenvalue weighted by molar-refractivity contribution is -0.124. The van der Waals surface area contributed by atoms with Crippen LogP contribution < -0.4 is 0 Å². The molecular formula is C17H21FN2O3S2. The minimum atomic E-state index is -3.08. The molecule has 0 bridgehead atoms. The molecule has 3 rings (SSSR count). The van der Waals surface area contributed by atoms with Gasteiger partial charge in [-0.25, -0.2) is 12.8 Å². The van der Waals surface area contributed by atoms with E-state index >= 15 is 0 Å². The lowest BCUT2D eigenvalue weighted by Crippen LogP contribution is -2.37. The number of amidine groups is 1. The van der Waals surface area contributed by atoms with Gasteiger partial charge in [0, 0.05) is 17.2 Å². The molecule has 1 aromatic carbocycles. The first kappa shape index (κ1) is 18.4. The summed E-state index contributed by atoms with van der Waals surface area (Å²) in [6, 6.07) is 5.88. The van der Waals surface area contributed by atoms with E-state index in [4.69, 9.17) is 0 Å². The summed E-state index contributed by atoms with van der Waals surface area (Å²) < 4.78 is 37.1. The van der Waals surface area contributed by atoms with Crippen molar-refractivity contribution in [1.29, 1.82) is 0 Å². The Morgan fingerprint density at radius 3 is 2.52 bits per heavy atom. The molecule has 0 N–H and O–H groups in total. The number of rotatable bonds is 2. The molecule has 2 saturated heterocycles. The van der Waals surface area contributed by atoms with E-state index in [0.29, 0.717) is 11.7 Å². The van der Waals surface area contributed by atoms with Gasteiger partial charge in [-0.15, -0.1) is 0 Å². The van der Waals surface area contributed by atoms with E-state index in [0.717, 1.165) is 5.56 Å². The normalized spacial score (nSPS) is 26.9. The number of sulfone groups is 1. The average Bonchev–Trinajstić information content (AvgIpc) is 2.93. The Morgan fingerprint density at radius 2 is 1.92 bits per heavy atom. The van der Waals surface area contributed by atoms with Crippen LogP contribution in [0.2, 0.25) is 0 Å². The summed E-state index contributed by atoms with van der Waals surface area (Å²) in [7, 11) is -3.08. The number of hydrogen-bond donors (Lipinski definition) is 0. The number of carbonyl (C=O) groups is 1. The van der Waals surface area contributed by atoms with Gasteiger partial charge in [-0.1, -0.05) is 44.7 Å². The Hall–Kier alpha value is -1.41. The van der Waals surface area contributed by atoms with Gasteiger partial charge in [-0.2, -0.15) is 4.99 Å². The number of benzene rings is 1. The zero-order chi connectivity index (χ0) is 18.4. The zero-order valence-corrected chi connectivity index (χ0v) is 16.0. The molecule has 136 valence electrons. The Labute approximate surface area is 151 Å². The Balaban J connectivity index is 1.91. The molecule has 0 aliphatic carbocycles. The van der Waals surface area contributed by atoms with Gasteiger partial charge >= 0.3 is 0 Å². The van der Waals surface area contributed by atoms with Crippen molar-refractivity contribution in [3.63, 3.8) is 0 Å². The molecule has 0 spiro atoms. The minimum Gasteiger partial charge on any atom is -0.342 e. The van der Waals surface area contributed by atoms with Crippen molar-refractivity contribution in [2.24, 2.45) is 10.4 Å². The Bertz CT molecular complexity index is 813. The van der Waals surface area contributed by atoms with Crippen LogP contribution in [0.1, 0.15) is 26.3 Å². The molecule has 2 heterocycles. The third-order valence-electron chi connectivity index (χ3n) is 4.28. The highest BCUT2D eigenvalue weighted by atomic mass is 32.2. The Morgan fingerprint density at radius 1 is 1.28 bits per heavy atom. The van der Waals surface area contributed by atoms with E-state index < -0.39 is 15.3 Å². The van der Waals surface area contributed by atoms with Gasteiger partial charge in [0.1, 0.15) is 5.82 Å². The van der Waals surface area contributed by atoms with E-state index in [2.05, 4.69) is 4.99 Å². The summed E-state index contributed by atoms with van der Waals surface area (Å²) in [5.41, 5.74) is 0.252. The zero-order valence-electron chi connectivity index (χ0n) is 14.4. The first-order valence-electron chi connectivity index (χ1n) is 8.06. The molecule has 2 aliphatic heterocycles. The second kappa shape index (κ2) is 6.39. The van der Waals surface area contributed by atoms with Crippen molar-refractivity contribution in [2.75, 3.05) is 11.5 Å². The molecule has 8 heteroatoms. The first-order chi connectivity index (χ1) is 11.5. The van der Waals surface area contributed by atoms with Gasteiger partial charge in [0.2, 0.25) is 0 Å².